The summed E-state index contributed by atoms with van der Waals surface area (Å²) in [4.78, 5) is 24.2. The van der Waals surface area contributed by atoms with E-state index in [0.717, 1.165) is 6.42 Å². The third kappa shape index (κ3) is 6.52. The van der Waals surface area contributed by atoms with Crippen molar-refractivity contribution < 1.29 is 27.1 Å². The first-order chi connectivity index (χ1) is 18.8. The number of pyridine rings is 2. The number of nitrogens with zero attached hydrogens (tertiary/aromatic N) is 3. The van der Waals surface area contributed by atoms with Crippen molar-refractivity contribution in [2.75, 3.05) is 25.2 Å². The van der Waals surface area contributed by atoms with E-state index in [4.69, 9.17) is 14.5 Å². The number of nitrogens with one attached hydrogen (secondary N) is 1. The molecule has 40 heavy (non-hydrogen) atoms. The van der Waals surface area contributed by atoms with Crippen LogP contribution in [0.1, 0.15) is 51.4 Å². The second-order valence-corrected chi connectivity index (χ2v) is 12.8. The molecule has 0 saturated carbocycles. The minimum Gasteiger partial charge on any atom is -0.493 e. The Balaban J connectivity index is 1.76. The van der Waals surface area contributed by atoms with E-state index in [1.54, 1.807) is 12.1 Å². The Morgan fingerprint density at radius 3 is 2.58 bits per heavy atom. The zero-order chi connectivity index (χ0) is 29.2. The van der Waals surface area contributed by atoms with Crippen LogP contribution in [0.25, 0.3) is 11.3 Å². The first-order valence-electron chi connectivity index (χ1n) is 13.1. The Morgan fingerprint density at radius 1 is 1.18 bits per heavy atom. The molecule has 1 aromatic carbocycles. The molecule has 1 unspecified atom stereocenters. The maximum Gasteiger partial charge on any atom is 0.281 e. The van der Waals surface area contributed by atoms with Gasteiger partial charge in [0.1, 0.15) is 17.4 Å². The molecule has 0 bridgehead atoms. The molecule has 3 heterocycles. The van der Waals surface area contributed by atoms with Crippen molar-refractivity contribution in [3.8, 4) is 22.9 Å². The van der Waals surface area contributed by atoms with Gasteiger partial charge < -0.3 is 14.4 Å². The van der Waals surface area contributed by atoms with E-state index in [2.05, 4.69) is 16.6 Å². The van der Waals surface area contributed by atoms with E-state index in [-0.39, 0.29) is 27.9 Å². The molecule has 0 aliphatic carbocycles. The largest absolute Gasteiger partial charge is 0.493 e. The number of methoxy groups -OCH3 is 1. The van der Waals surface area contributed by atoms with E-state index >= 15 is 0 Å². The molecule has 1 aliphatic heterocycles. The van der Waals surface area contributed by atoms with E-state index in [0.29, 0.717) is 41.9 Å². The lowest BCUT2D eigenvalue weighted by atomic mass is 9.97. The zero-order valence-electron chi connectivity index (χ0n) is 23.6. The van der Waals surface area contributed by atoms with Gasteiger partial charge in [0.25, 0.3) is 15.9 Å². The Bertz CT molecular complexity index is 1510. The van der Waals surface area contributed by atoms with Crippen LogP contribution < -0.4 is 19.1 Å². The summed E-state index contributed by atoms with van der Waals surface area (Å²) in [7, 11) is -2.94. The third-order valence-electron chi connectivity index (χ3n) is 6.61. The van der Waals surface area contributed by atoms with Crippen molar-refractivity contribution in [3.63, 3.8) is 0 Å². The molecular weight excluding hydrogens is 535 g/mol. The average molecular weight is 571 g/mol. The van der Waals surface area contributed by atoms with Crippen LogP contribution in [-0.4, -0.2) is 50.1 Å². The second kappa shape index (κ2) is 11.4. The fourth-order valence-corrected chi connectivity index (χ4v) is 5.82. The quantitative estimate of drug-likeness (QED) is 0.380. The first kappa shape index (κ1) is 29.3. The Kier molecular flexibility index (Phi) is 8.34. The van der Waals surface area contributed by atoms with E-state index in [1.807, 2.05) is 32.6 Å². The van der Waals surface area contributed by atoms with Crippen LogP contribution in [0.4, 0.5) is 10.2 Å². The molecule has 1 saturated heterocycles. The van der Waals surface area contributed by atoms with Crippen molar-refractivity contribution in [2.24, 2.45) is 11.8 Å². The normalized spacial score (nSPS) is 16.7. The molecule has 1 aliphatic rings. The first-order valence-corrected chi connectivity index (χ1v) is 14.6. The molecule has 0 spiro atoms. The Morgan fingerprint density at radius 2 is 1.93 bits per heavy atom. The summed E-state index contributed by atoms with van der Waals surface area (Å²) >= 11 is 0. The lowest BCUT2D eigenvalue weighted by molar-refractivity contribution is 0.0981. The van der Waals surface area contributed by atoms with Crippen LogP contribution in [0, 0.1) is 17.7 Å². The molecular formula is C29H35FN4O5S. The fourth-order valence-electron chi connectivity index (χ4n) is 4.90. The summed E-state index contributed by atoms with van der Waals surface area (Å²) in [6.07, 6.45) is 0.846. The smallest absolute Gasteiger partial charge is 0.281 e. The van der Waals surface area contributed by atoms with E-state index < -0.39 is 21.7 Å². The van der Waals surface area contributed by atoms with Crippen LogP contribution in [0.5, 0.6) is 11.6 Å². The maximum absolute atomic E-state index is 14.6. The number of carbonyl (C=O) groups is 1. The van der Waals surface area contributed by atoms with Gasteiger partial charge in [0.2, 0.25) is 5.88 Å². The number of amides is 1. The van der Waals surface area contributed by atoms with Crippen LogP contribution in [0.3, 0.4) is 0 Å². The number of ether oxygens (including phenoxy) is 2. The highest BCUT2D eigenvalue weighted by Crippen LogP contribution is 2.38. The van der Waals surface area contributed by atoms with Gasteiger partial charge >= 0.3 is 0 Å². The number of sulfonamides is 1. The Hall–Kier alpha value is -3.73. The van der Waals surface area contributed by atoms with Gasteiger partial charge in [-0.2, -0.15) is 13.4 Å². The van der Waals surface area contributed by atoms with Crippen LogP contribution in [0.2, 0.25) is 0 Å². The lowest BCUT2D eigenvalue weighted by Crippen LogP contribution is -2.41. The highest BCUT2D eigenvalue weighted by atomic mass is 32.2. The molecule has 214 valence electrons. The van der Waals surface area contributed by atoms with E-state index in [1.165, 1.54) is 43.5 Å². The summed E-state index contributed by atoms with van der Waals surface area (Å²) in [5.41, 5.74) is 0.615. The molecule has 2 aromatic heterocycles. The summed E-state index contributed by atoms with van der Waals surface area (Å²) in [5.74, 6) is 0.0284. The average Bonchev–Trinajstić information content (AvgIpc) is 3.17. The van der Waals surface area contributed by atoms with Crippen LogP contribution >= 0.6 is 0 Å². The topological polar surface area (TPSA) is 111 Å². The highest BCUT2D eigenvalue weighted by Gasteiger charge is 2.39. The van der Waals surface area contributed by atoms with Gasteiger partial charge in [0.15, 0.2) is 5.03 Å². The zero-order valence-corrected chi connectivity index (χ0v) is 24.4. The predicted octanol–water partition coefficient (Wildman–Crippen LogP) is 5.07. The molecule has 1 atom stereocenters. The van der Waals surface area contributed by atoms with Gasteiger partial charge in [-0.1, -0.05) is 26.8 Å². The number of halogens is 1. The minimum absolute atomic E-state index is 0.0741. The SMILES string of the molecule is COc1cccc(S(=O)(=O)NC(=O)c2ccc(-c3cc(F)cc(OCC(C)C)c3)nc2N2CC(C)CC2(C)C)n1. The van der Waals surface area contributed by atoms with Gasteiger partial charge in [-0.15, -0.1) is 0 Å². The summed E-state index contributed by atoms with van der Waals surface area (Å²) < 4.78 is 53.5. The van der Waals surface area contributed by atoms with Crippen LogP contribution in [0.15, 0.2) is 53.6 Å². The molecule has 0 radical (unpaired) electrons. The maximum atomic E-state index is 14.6. The molecule has 1 N–H and O–H groups in total. The molecule has 11 heteroatoms. The van der Waals surface area contributed by atoms with Gasteiger partial charge in [0.05, 0.1) is 25.0 Å². The fraction of sp³-hybridized carbons (Fsp3) is 0.414. The van der Waals surface area contributed by atoms with E-state index in [9.17, 15) is 17.6 Å². The number of anilines is 1. The molecule has 3 aromatic rings. The number of rotatable bonds is 9. The summed E-state index contributed by atoms with van der Waals surface area (Å²) in [6, 6.07) is 11.7. The number of hydrogen-bond donors (Lipinski definition) is 1. The molecule has 4 rings (SSSR count). The lowest BCUT2D eigenvalue weighted by Gasteiger charge is -2.34. The Labute approximate surface area is 234 Å². The molecule has 9 nitrogen and oxygen atoms in total. The molecule has 1 fully saturated rings. The number of carbonyl (C=O) groups excluding carboxylic acids is 1. The number of benzene rings is 1. The summed E-state index contributed by atoms with van der Waals surface area (Å²) in [6.45, 7) is 11.2. The van der Waals surface area contributed by atoms with Gasteiger partial charge in [-0.05, 0) is 62.4 Å². The highest BCUT2D eigenvalue weighted by molar-refractivity contribution is 7.90. The predicted molar refractivity (Wildman–Crippen MR) is 151 cm³/mol. The van der Waals surface area contributed by atoms with Crippen molar-refractivity contribution in [1.82, 2.24) is 14.7 Å². The van der Waals surface area contributed by atoms with Crippen molar-refractivity contribution in [2.45, 2.75) is 51.6 Å². The summed E-state index contributed by atoms with van der Waals surface area (Å²) in [5, 5.41) is -0.352. The van der Waals surface area contributed by atoms with Crippen molar-refractivity contribution in [1.29, 1.82) is 0 Å². The number of aromatic nitrogens is 2. The third-order valence-corrected chi connectivity index (χ3v) is 7.84. The number of hydrogen-bond acceptors (Lipinski definition) is 8. The second-order valence-electron chi connectivity index (χ2n) is 11.1. The van der Waals surface area contributed by atoms with Gasteiger partial charge in [-0.3, -0.25) is 4.79 Å². The monoisotopic (exact) mass is 570 g/mol. The molecule has 1 amide bonds. The minimum atomic E-state index is -4.31. The standard InChI is InChI=1S/C29H35FN4O5S/c1-18(2)17-39-22-13-20(12-21(30)14-22)24-11-10-23(27(31-24)34-16-19(3)15-29(34,4)5)28(35)33-40(36,37)26-9-7-8-25(32-26)38-6/h7-14,18-19H,15-17H2,1-6H3,(H,33,35). The van der Waals surface area contributed by atoms with Crippen LogP contribution in [-0.2, 0) is 10.0 Å². The van der Waals surface area contributed by atoms with Crippen molar-refractivity contribution >= 4 is 21.7 Å². The van der Waals surface area contributed by atoms with Crippen molar-refractivity contribution in [3.05, 3.63) is 59.9 Å². The van der Waals surface area contributed by atoms with Gasteiger partial charge in [0, 0.05) is 29.8 Å². The van der Waals surface area contributed by atoms with Gasteiger partial charge in [-0.25, -0.2) is 14.1 Å².